The van der Waals surface area contributed by atoms with Crippen LogP contribution in [0.2, 0.25) is 0 Å². The molecule has 0 saturated heterocycles. The van der Waals surface area contributed by atoms with Gasteiger partial charge in [-0.3, -0.25) is 0 Å². The van der Waals surface area contributed by atoms with Gasteiger partial charge in [-0.05, 0) is 37.0 Å². The van der Waals surface area contributed by atoms with Crippen molar-refractivity contribution in [3.8, 4) is 11.8 Å². The largest absolute Gasteiger partial charge is 0.107 e. The van der Waals surface area contributed by atoms with Crippen LogP contribution in [0.4, 0.5) is 0 Å². The topological polar surface area (TPSA) is 0 Å². The highest BCUT2D eigenvalue weighted by Crippen LogP contribution is 2.49. The van der Waals surface area contributed by atoms with Gasteiger partial charge in [-0.2, -0.15) is 0 Å². The average Bonchev–Trinajstić information content (AvgIpc) is 2.78. The first-order chi connectivity index (χ1) is 5.66. The van der Waals surface area contributed by atoms with E-state index in [1.54, 1.807) is 0 Å². The van der Waals surface area contributed by atoms with Gasteiger partial charge in [-0.1, -0.05) is 20.8 Å². The molecule has 0 heterocycles. The Morgan fingerprint density at radius 1 is 1.25 bits per heavy atom. The Labute approximate surface area is 76.7 Å². The van der Waals surface area contributed by atoms with Gasteiger partial charge in [0.1, 0.15) is 0 Å². The van der Waals surface area contributed by atoms with E-state index in [1.165, 1.54) is 6.42 Å². The maximum atomic E-state index is 3.18. The van der Waals surface area contributed by atoms with Crippen molar-refractivity contribution in [1.29, 1.82) is 0 Å². The summed E-state index contributed by atoms with van der Waals surface area (Å²) in [6.45, 7) is 8.95. The second-order valence-electron chi connectivity index (χ2n) is 4.42. The fraction of sp³-hybridized carbons (Fsp3) is 0.833. The zero-order valence-corrected chi connectivity index (χ0v) is 8.72. The van der Waals surface area contributed by atoms with Crippen molar-refractivity contribution >= 4 is 0 Å². The molecule has 1 saturated carbocycles. The van der Waals surface area contributed by atoms with Crippen LogP contribution in [0.3, 0.4) is 0 Å². The maximum Gasteiger partial charge on any atom is 0.0117 e. The molecule has 12 heavy (non-hydrogen) atoms. The predicted octanol–water partition coefficient (Wildman–Crippen LogP) is 3.33. The van der Waals surface area contributed by atoms with Crippen LogP contribution >= 0.6 is 0 Å². The standard InChI is InChI=1S/C12H20/c1-5-6-7-10(4)12-8-11(12)9(2)3/h9-12H,7-8H2,1-4H3. The monoisotopic (exact) mass is 164 g/mol. The summed E-state index contributed by atoms with van der Waals surface area (Å²) < 4.78 is 0. The molecule has 3 atom stereocenters. The van der Waals surface area contributed by atoms with Gasteiger partial charge in [-0.15, -0.1) is 11.8 Å². The van der Waals surface area contributed by atoms with E-state index in [-0.39, 0.29) is 0 Å². The van der Waals surface area contributed by atoms with Gasteiger partial charge in [0, 0.05) is 6.42 Å². The molecule has 0 N–H and O–H groups in total. The second-order valence-corrected chi connectivity index (χ2v) is 4.42. The summed E-state index contributed by atoms with van der Waals surface area (Å²) >= 11 is 0. The van der Waals surface area contributed by atoms with E-state index in [1.807, 2.05) is 6.92 Å². The van der Waals surface area contributed by atoms with Crippen LogP contribution in [0.25, 0.3) is 0 Å². The molecule has 0 radical (unpaired) electrons. The van der Waals surface area contributed by atoms with Gasteiger partial charge in [-0.25, -0.2) is 0 Å². The van der Waals surface area contributed by atoms with Crippen LogP contribution in [0.1, 0.15) is 40.5 Å². The molecule has 1 rings (SSSR count). The Morgan fingerprint density at radius 2 is 1.92 bits per heavy atom. The van der Waals surface area contributed by atoms with Crippen LogP contribution in [0.5, 0.6) is 0 Å². The summed E-state index contributed by atoms with van der Waals surface area (Å²) in [5.74, 6) is 9.84. The minimum absolute atomic E-state index is 0.824. The van der Waals surface area contributed by atoms with Crippen molar-refractivity contribution in [3.05, 3.63) is 0 Å². The Balaban J connectivity index is 2.26. The molecule has 0 nitrogen and oxygen atoms in total. The molecule has 0 bridgehead atoms. The maximum absolute atomic E-state index is 3.18. The van der Waals surface area contributed by atoms with Crippen LogP contribution < -0.4 is 0 Å². The van der Waals surface area contributed by atoms with Gasteiger partial charge >= 0.3 is 0 Å². The van der Waals surface area contributed by atoms with Crippen LogP contribution in [-0.4, -0.2) is 0 Å². The van der Waals surface area contributed by atoms with Crippen molar-refractivity contribution in [3.63, 3.8) is 0 Å². The van der Waals surface area contributed by atoms with Crippen molar-refractivity contribution in [2.75, 3.05) is 0 Å². The van der Waals surface area contributed by atoms with Crippen molar-refractivity contribution in [1.82, 2.24) is 0 Å². The minimum Gasteiger partial charge on any atom is -0.107 e. The molecule has 1 aliphatic rings. The summed E-state index contributed by atoms with van der Waals surface area (Å²) in [6, 6.07) is 0. The molecular weight excluding hydrogens is 144 g/mol. The summed E-state index contributed by atoms with van der Waals surface area (Å²) in [5.41, 5.74) is 0. The van der Waals surface area contributed by atoms with Gasteiger partial charge < -0.3 is 0 Å². The lowest BCUT2D eigenvalue weighted by atomic mass is 9.97. The number of hydrogen-bond donors (Lipinski definition) is 0. The predicted molar refractivity (Wildman–Crippen MR) is 53.7 cm³/mol. The van der Waals surface area contributed by atoms with Crippen molar-refractivity contribution in [2.24, 2.45) is 23.7 Å². The smallest absolute Gasteiger partial charge is 0.0117 e. The Kier molecular flexibility index (Phi) is 3.20. The van der Waals surface area contributed by atoms with E-state index >= 15 is 0 Å². The summed E-state index contributed by atoms with van der Waals surface area (Å²) in [7, 11) is 0. The lowest BCUT2D eigenvalue weighted by Crippen LogP contribution is -2.01. The molecule has 0 aromatic rings. The van der Waals surface area contributed by atoms with Gasteiger partial charge in [0.25, 0.3) is 0 Å². The molecule has 3 unspecified atom stereocenters. The van der Waals surface area contributed by atoms with Crippen molar-refractivity contribution in [2.45, 2.75) is 40.5 Å². The SMILES string of the molecule is CC#CCC(C)C1CC1C(C)C. The normalized spacial score (nSPS) is 29.4. The quantitative estimate of drug-likeness (QED) is 0.561. The summed E-state index contributed by atoms with van der Waals surface area (Å²) in [4.78, 5) is 0. The fourth-order valence-electron chi connectivity index (χ4n) is 2.07. The first-order valence-electron chi connectivity index (χ1n) is 5.06. The van der Waals surface area contributed by atoms with E-state index in [2.05, 4.69) is 32.6 Å². The highest BCUT2D eigenvalue weighted by Gasteiger charge is 2.41. The molecule has 68 valence electrons. The Morgan fingerprint density at radius 3 is 2.33 bits per heavy atom. The molecule has 0 heteroatoms. The molecule has 0 amide bonds. The van der Waals surface area contributed by atoms with E-state index in [0.29, 0.717) is 0 Å². The molecular formula is C12H20. The van der Waals surface area contributed by atoms with E-state index in [0.717, 1.165) is 30.1 Å². The van der Waals surface area contributed by atoms with E-state index < -0.39 is 0 Å². The minimum atomic E-state index is 0.824. The summed E-state index contributed by atoms with van der Waals surface area (Å²) in [6.07, 6.45) is 2.55. The lowest BCUT2D eigenvalue weighted by molar-refractivity contribution is 0.430. The lowest BCUT2D eigenvalue weighted by Gasteiger charge is -2.08. The third-order valence-corrected chi connectivity index (χ3v) is 3.08. The first-order valence-corrected chi connectivity index (χ1v) is 5.06. The van der Waals surface area contributed by atoms with Crippen LogP contribution in [0, 0.1) is 35.5 Å². The first kappa shape index (κ1) is 9.65. The van der Waals surface area contributed by atoms with Gasteiger partial charge in [0.2, 0.25) is 0 Å². The zero-order chi connectivity index (χ0) is 9.14. The van der Waals surface area contributed by atoms with E-state index in [9.17, 15) is 0 Å². The van der Waals surface area contributed by atoms with E-state index in [4.69, 9.17) is 0 Å². The number of rotatable bonds is 3. The van der Waals surface area contributed by atoms with Gasteiger partial charge in [0.05, 0.1) is 0 Å². The Bertz CT molecular complexity index is 192. The van der Waals surface area contributed by atoms with Crippen LogP contribution in [-0.2, 0) is 0 Å². The zero-order valence-electron chi connectivity index (χ0n) is 8.72. The van der Waals surface area contributed by atoms with Crippen molar-refractivity contribution < 1.29 is 0 Å². The highest BCUT2D eigenvalue weighted by molar-refractivity contribution is 5.00. The molecule has 0 aromatic carbocycles. The molecule has 1 fully saturated rings. The molecule has 0 aliphatic heterocycles. The highest BCUT2D eigenvalue weighted by atomic mass is 14.5. The number of hydrogen-bond acceptors (Lipinski definition) is 0. The molecule has 0 spiro atoms. The molecule has 0 aromatic heterocycles. The summed E-state index contributed by atoms with van der Waals surface area (Å²) in [5, 5.41) is 0. The third-order valence-electron chi connectivity index (χ3n) is 3.08. The fourth-order valence-corrected chi connectivity index (χ4v) is 2.07. The Hall–Kier alpha value is -0.440. The van der Waals surface area contributed by atoms with Gasteiger partial charge in [0.15, 0.2) is 0 Å². The average molecular weight is 164 g/mol. The second kappa shape index (κ2) is 3.99. The molecule has 1 aliphatic carbocycles. The van der Waals surface area contributed by atoms with Crippen LogP contribution in [0.15, 0.2) is 0 Å². The third kappa shape index (κ3) is 2.27.